The molecule has 0 saturated heterocycles. The van der Waals surface area contributed by atoms with Gasteiger partial charge in [-0.1, -0.05) is 60.7 Å². The van der Waals surface area contributed by atoms with Crippen molar-refractivity contribution in [2.24, 2.45) is 0 Å². The molecular weight excluding hydrogens is 264 g/mol. The van der Waals surface area contributed by atoms with Gasteiger partial charge in [-0.05, 0) is 18.4 Å². The zero-order valence-corrected chi connectivity index (χ0v) is 11.8. The number of carbonyl (C=O) groups is 2. The van der Waals surface area contributed by atoms with E-state index in [0.717, 1.165) is 12.8 Å². The first-order valence-electron chi connectivity index (χ1n) is 7.03. The smallest absolute Gasteiger partial charge is 0.306 e. The molecule has 2 rings (SSSR count). The molecule has 3 nitrogen and oxygen atoms in total. The molecule has 0 heterocycles. The third-order valence-corrected chi connectivity index (χ3v) is 3.15. The monoisotopic (exact) mass is 282 g/mol. The van der Waals surface area contributed by atoms with Crippen LogP contribution in [0.15, 0.2) is 60.7 Å². The summed E-state index contributed by atoms with van der Waals surface area (Å²) in [4.78, 5) is 23.4. The number of hydrogen-bond acceptors (Lipinski definition) is 3. The quantitative estimate of drug-likeness (QED) is 0.577. The minimum absolute atomic E-state index is 0.174. The Morgan fingerprint density at radius 3 is 2.14 bits per heavy atom. The molecule has 0 bridgehead atoms. The van der Waals surface area contributed by atoms with Crippen molar-refractivity contribution >= 4 is 11.8 Å². The van der Waals surface area contributed by atoms with Gasteiger partial charge in [-0.2, -0.15) is 0 Å². The minimum atomic E-state index is -0.324. The van der Waals surface area contributed by atoms with Gasteiger partial charge < -0.3 is 4.74 Å². The SMILES string of the molecule is O=C(CCCc1ccccc1)OCC(=O)c1ccccc1. The standard InChI is InChI=1S/C18H18O3/c19-17(16-11-5-2-6-12-16)14-21-18(20)13-7-10-15-8-3-1-4-9-15/h1-6,8-9,11-12H,7,10,13-14H2. The second kappa shape index (κ2) is 8.00. The lowest BCUT2D eigenvalue weighted by molar-refractivity contribution is -0.142. The number of carbonyl (C=O) groups excluding carboxylic acids is 2. The molecule has 0 fully saturated rings. The number of ketones is 1. The number of rotatable bonds is 7. The lowest BCUT2D eigenvalue weighted by Crippen LogP contribution is -2.14. The highest BCUT2D eigenvalue weighted by Gasteiger charge is 2.09. The molecule has 108 valence electrons. The summed E-state index contributed by atoms with van der Waals surface area (Å²) in [6, 6.07) is 18.8. The van der Waals surface area contributed by atoms with Crippen LogP contribution in [0.5, 0.6) is 0 Å². The average Bonchev–Trinajstić information content (AvgIpc) is 2.54. The number of benzene rings is 2. The van der Waals surface area contributed by atoms with Gasteiger partial charge in [0.15, 0.2) is 12.4 Å². The van der Waals surface area contributed by atoms with E-state index in [1.165, 1.54) is 5.56 Å². The number of hydrogen-bond donors (Lipinski definition) is 0. The van der Waals surface area contributed by atoms with E-state index in [2.05, 4.69) is 0 Å². The van der Waals surface area contributed by atoms with Crippen molar-refractivity contribution in [2.75, 3.05) is 6.61 Å². The zero-order valence-electron chi connectivity index (χ0n) is 11.8. The van der Waals surface area contributed by atoms with E-state index in [9.17, 15) is 9.59 Å². The Labute approximate surface area is 124 Å². The lowest BCUT2D eigenvalue weighted by Gasteiger charge is -2.04. The Morgan fingerprint density at radius 1 is 0.857 bits per heavy atom. The van der Waals surface area contributed by atoms with Gasteiger partial charge in [0.25, 0.3) is 0 Å². The minimum Gasteiger partial charge on any atom is -0.457 e. The fourth-order valence-corrected chi connectivity index (χ4v) is 2.01. The largest absolute Gasteiger partial charge is 0.457 e. The molecule has 0 radical (unpaired) electrons. The van der Waals surface area contributed by atoms with Crippen LogP contribution >= 0.6 is 0 Å². The van der Waals surface area contributed by atoms with E-state index in [1.807, 2.05) is 36.4 Å². The van der Waals surface area contributed by atoms with Crippen molar-refractivity contribution in [1.82, 2.24) is 0 Å². The third kappa shape index (κ3) is 5.22. The molecular formula is C18H18O3. The first kappa shape index (κ1) is 15.0. The van der Waals surface area contributed by atoms with Crippen LogP contribution in [0.25, 0.3) is 0 Å². The van der Waals surface area contributed by atoms with Gasteiger partial charge in [-0.3, -0.25) is 9.59 Å². The number of esters is 1. The third-order valence-electron chi connectivity index (χ3n) is 3.15. The summed E-state index contributed by atoms with van der Waals surface area (Å²) in [5, 5.41) is 0. The summed E-state index contributed by atoms with van der Waals surface area (Å²) in [7, 11) is 0. The van der Waals surface area contributed by atoms with Crippen molar-refractivity contribution in [3.8, 4) is 0 Å². The second-order valence-electron chi connectivity index (χ2n) is 4.79. The van der Waals surface area contributed by atoms with Crippen LogP contribution in [0.4, 0.5) is 0 Å². The number of Topliss-reactive ketones (excluding diaryl/α,β-unsaturated/α-hetero) is 1. The molecule has 0 saturated carbocycles. The summed E-state index contributed by atoms with van der Waals surface area (Å²) in [6.45, 7) is -0.186. The van der Waals surface area contributed by atoms with E-state index in [-0.39, 0.29) is 18.4 Å². The Kier molecular flexibility index (Phi) is 5.71. The topological polar surface area (TPSA) is 43.4 Å². The van der Waals surface area contributed by atoms with Gasteiger partial charge in [0.05, 0.1) is 0 Å². The molecule has 0 unspecified atom stereocenters. The maximum Gasteiger partial charge on any atom is 0.306 e. The predicted octanol–water partition coefficient (Wildman–Crippen LogP) is 3.44. The molecule has 21 heavy (non-hydrogen) atoms. The van der Waals surface area contributed by atoms with Crippen LogP contribution in [-0.2, 0) is 16.0 Å². The van der Waals surface area contributed by atoms with Gasteiger partial charge in [-0.15, -0.1) is 0 Å². The van der Waals surface area contributed by atoms with Crippen molar-refractivity contribution in [2.45, 2.75) is 19.3 Å². The average molecular weight is 282 g/mol. The molecule has 0 aliphatic rings. The van der Waals surface area contributed by atoms with Crippen LogP contribution in [0.1, 0.15) is 28.8 Å². The van der Waals surface area contributed by atoms with E-state index >= 15 is 0 Å². The van der Waals surface area contributed by atoms with Gasteiger partial charge in [0.1, 0.15) is 0 Å². The molecule has 0 spiro atoms. The molecule has 2 aromatic carbocycles. The van der Waals surface area contributed by atoms with E-state index in [4.69, 9.17) is 4.74 Å². The van der Waals surface area contributed by atoms with Gasteiger partial charge in [0, 0.05) is 12.0 Å². The highest BCUT2D eigenvalue weighted by Crippen LogP contribution is 2.06. The maximum absolute atomic E-state index is 11.8. The van der Waals surface area contributed by atoms with Gasteiger partial charge >= 0.3 is 5.97 Å². The van der Waals surface area contributed by atoms with Crippen LogP contribution in [0, 0.1) is 0 Å². The maximum atomic E-state index is 11.8. The Morgan fingerprint density at radius 2 is 1.48 bits per heavy atom. The van der Waals surface area contributed by atoms with Crippen molar-refractivity contribution in [3.63, 3.8) is 0 Å². The van der Waals surface area contributed by atoms with Crippen LogP contribution in [0.3, 0.4) is 0 Å². The number of aryl methyl sites for hydroxylation is 1. The fourth-order valence-electron chi connectivity index (χ4n) is 2.01. The fraction of sp³-hybridized carbons (Fsp3) is 0.222. The van der Waals surface area contributed by atoms with Crippen molar-refractivity contribution in [3.05, 3.63) is 71.8 Å². The van der Waals surface area contributed by atoms with Crippen molar-refractivity contribution < 1.29 is 14.3 Å². The summed E-state index contributed by atoms with van der Waals surface area (Å²) in [6.07, 6.45) is 1.89. The second-order valence-corrected chi connectivity index (χ2v) is 4.79. The molecule has 0 aliphatic carbocycles. The summed E-state index contributed by atoms with van der Waals surface area (Å²) in [5.74, 6) is -0.498. The predicted molar refractivity (Wildman–Crippen MR) is 81.1 cm³/mol. The Balaban J connectivity index is 1.67. The normalized spacial score (nSPS) is 10.1. The lowest BCUT2D eigenvalue weighted by atomic mass is 10.1. The van der Waals surface area contributed by atoms with E-state index < -0.39 is 0 Å². The first-order valence-corrected chi connectivity index (χ1v) is 7.03. The van der Waals surface area contributed by atoms with Gasteiger partial charge in [-0.25, -0.2) is 0 Å². The van der Waals surface area contributed by atoms with E-state index in [1.54, 1.807) is 24.3 Å². The highest BCUT2D eigenvalue weighted by atomic mass is 16.5. The molecule has 0 atom stereocenters. The van der Waals surface area contributed by atoms with E-state index in [0.29, 0.717) is 12.0 Å². The number of ether oxygens (including phenoxy) is 1. The Bertz CT molecular complexity index is 576. The molecule has 0 N–H and O–H groups in total. The Hall–Kier alpha value is -2.42. The van der Waals surface area contributed by atoms with Crippen LogP contribution in [0.2, 0.25) is 0 Å². The molecule has 0 aromatic heterocycles. The van der Waals surface area contributed by atoms with Crippen LogP contribution in [-0.4, -0.2) is 18.4 Å². The van der Waals surface area contributed by atoms with Crippen LogP contribution < -0.4 is 0 Å². The zero-order chi connectivity index (χ0) is 14.9. The summed E-state index contributed by atoms with van der Waals surface area (Å²) >= 11 is 0. The molecule has 0 amide bonds. The molecule has 3 heteroatoms. The highest BCUT2D eigenvalue weighted by molar-refractivity contribution is 5.97. The van der Waals surface area contributed by atoms with Crippen molar-refractivity contribution in [1.29, 1.82) is 0 Å². The summed E-state index contributed by atoms with van der Waals surface area (Å²) < 4.78 is 5.01. The summed E-state index contributed by atoms with van der Waals surface area (Å²) in [5.41, 5.74) is 1.76. The first-order chi connectivity index (χ1) is 10.3. The molecule has 2 aromatic rings. The molecule has 0 aliphatic heterocycles. The van der Waals surface area contributed by atoms with Gasteiger partial charge in [0.2, 0.25) is 0 Å².